The Morgan fingerprint density at radius 1 is 1.18 bits per heavy atom. The number of carbonyl (C=O) groups is 1. The predicted octanol–water partition coefficient (Wildman–Crippen LogP) is 3.55. The van der Waals surface area contributed by atoms with Crippen LogP contribution in [-0.4, -0.2) is 22.0 Å². The molecular weight excluding hydrogens is 378 g/mol. The minimum absolute atomic E-state index is 0.122. The topological polar surface area (TPSA) is 77.1 Å². The normalized spacial score (nSPS) is 11.2. The second-order valence-electron chi connectivity index (χ2n) is 6.47. The van der Waals surface area contributed by atoms with E-state index in [9.17, 15) is 9.59 Å². The summed E-state index contributed by atoms with van der Waals surface area (Å²) in [5.41, 5.74) is 3.09. The molecule has 0 radical (unpaired) electrons. The molecule has 0 aliphatic heterocycles. The number of oxazole rings is 1. The molecule has 4 aromatic rings. The van der Waals surface area contributed by atoms with Crippen LogP contribution in [0, 0.1) is 0 Å². The van der Waals surface area contributed by atoms with E-state index in [-0.39, 0.29) is 18.9 Å². The van der Waals surface area contributed by atoms with Gasteiger partial charge >= 0.3 is 5.76 Å². The molecule has 0 bridgehead atoms. The fourth-order valence-electron chi connectivity index (χ4n) is 3.26. The summed E-state index contributed by atoms with van der Waals surface area (Å²) >= 11 is 5.91. The summed E-state index contributed by atoms with van der Waals surface area (Å²) in [6, 6.07) is 14.9. The van der Waals surface area contributed by atoms with Crippen LogP contribution >= 0.6 is 11.6 Å². The molecule has 7 heteroatoms. The third-order valence-electron chi connectivity index (χ3n) is 4.63. The zero-order valence-corrected chi connectivity index (χ0v) is 15.8. The molecule has 0 unspecified atom stereocenters. The van der Waals surface area contributed by atoms with E-state index in [2.05, 4.69) is 10.3 Å². The van der Waals surface area contributed by atoms with Gasteiger partial charge in [0.1, 0.15) is 0 Å². The summed E-state index contributed by atoms with van der Waals surface area (Å²) in [6.45, 7) is 0.750. The Bertz CT molecular complexity index is 1210. The van der Waals surface area contributed by atoms with Crippen molar-refractivity contribution in [1.82, 2.24) is 14.9 Å². The van der Waals surface area contributed by atoms with E-state index in [0.29, 0.717) is 29.1 Å². The lowest BCUT2D eigenvalue weighted by Crippen LogP contribution is -2.28. The maximum atomic E-state index is 12.2. The average molecular weight is 396 g/mol. The molecule has 2 aromatic carbocycles. The van der Waals surface area contributed by atoms with Crippen LogP contribution in [-0.2, 0) is 17.8 Å². The van der Waals surface area contributed by atoms with Gasteiger partial charge in [-0.2, -0.15) is 0 Å². The molecule has 4 rings (SSSR count). The SMILES string of the molecule is O=C(CCn1c(=O)oc2cc(Cl)ccc21)NCCc1cccc2cccnc12. The summed E-state index contributed by atoms with van der Waals surface area (Å²) in [5.74, 6) is -0.615. The number of aryl methyl sites for hydroxylation is 1. The van der Waals surface area contributed by atoms with Crippen LogP contribution in [0.15, 0.2) is 63.9 Å². The molecule has 28 heavy (non-hydrogen) atoms. The second kappa shape index (κ2) is 7.86. The molecule has 6 nitrogen and oxygen atoms in total. The van der Waals surface area contributed by atoms with E-state index in [1.807, 2.05) is 30.3 Å². The number of halogens is 1. The fourth-order valence-corrected chi connectivity index (χ4v) is 3.42. The number of nitrogens with one attached hydrogen (secondary N) is 1. The lowest BCUT2D eigenvalue weighted by Gasteiger charge is -2.08. The zero-order chi connectivity index (χ0) is 19.5. The molecule has 0 fully saturated rings. The maximum absolute atomic E-state index is 12.2. The molecular formula is C21H18ClN3O3. The Kier molecular flexibility index (Phi) is 5.12. The number of fused-ring (bicyclic) bond motifs is 2. The van der Waals surface area contributed by atoms with E-state index in [1.54, 1.807) is 24.4 Å². The average Bonchev–Trinajstić information content (AvgIpc) is 3.00. The molecule has 1 amide bonds. The third-order valence-corrected chi connectivity index (χ3v) is 4.86. The number of amides is 1. The summed E-state index contributed by atoms with van der Waals surface area (Å²) in [4.78, 5) is 28.6. The van der Waals surface area contributed by atoms with Crippen LogP contribution in [0.1, 0.15) is 12.0 Å². The van der Waals surface area contributed by atoms with Crippen molar-refractivity contribution in [2.24, 2.45) is 0 Å². The van der Waals surface area contributed by atoms with Crippen molar-refractivity contribution in [3.8, 4) is 0 Å². The minimum Gasteiger partial charge on any atom is -0.408 e. The lowest BCUT2D eigenvalue weighted by molar-refractivity contribution is -0.121. The molecule has 142 valence electrons. The van der Waals surface area contributed by atoms with Gasteiger partial charge in [0.25, 0.3) is 0 Å². The number of aromatic nitrogens is 2. The number of benzene rings is 2. The molecule has 2 heterocycles. The Balaban J connectivity index is 1.35. The molecule has 2 aromatic heterocycles. The van der Waals surface area contributed by atoms with E-state index < -0.39 is 5.76 Å². The maximum Gasteiger partial charge on any atom is 0.419 e. The number of carbonyl (C=O) groups excluding carboxylic acids is 1. The molecule has 0 saturated heterocycles. The summed E-state index contributed by atoms with van der Waals surface area (Å²) in [5, 5.41) is 4.48. The Labute approximate surface area is 165 Å². The number of hydrogen-bond donors (Lipinski definition) is 1. The van der Waals surface area contributed by atoms with Gasteiger partial charge in [-0.25, -0.2) is 4.79 Å². The van der Waals surface area contributed by atoms with Crippen LogP contribution in [0.3, 0.4) is 0 Å². The first-order valence-corrected chi connectivity index (χ1v) is 9.38. The highest BCUT2D eigenvalue weighted by atomic mass is 35.5. The standard InChI is InChI=1S/C21H18ClN3O3/c22-16-6-7-17-18(13-16)28-21(27)25(17)12-9-19(26)23-11-8-15-4-1-3-14-5-2-10-24-20(14)15/h1-7,10,13H,8-9,11-12H2,(H,23,26). The van der Waals surface area contributed by atoms with Gasteiger partial charge in [-0.05, 0) is 30.2 Å². The smallest absolute Gasteiger partial charge is 0.408 e. The monoisotopic (exact) mass is 395 g/mol. The summed E-state index contributed by atoms with van der Waals surface area (Å²) < 4.78 is 6.62. The van der Waals surface area contributed by atoms with E-state index in [4.69, 9.17) is 16.0 Å². The van der Waals surface area contributed by atoms with Crippen molar-refractivity contribution < 1.29 is 9.21 Å². The van der Waals surface area contributed by atoms with Crippen LogP contribution in [0.5, 0.6) is 0 Å². The minimum atomic E-state index is -0.494. The highest BCUT2D eigenvalue weighted by Crippen LogP contribution is 2.19. The quantitative estimate of drug-likeness (QED) is 0.541. The van der Waals surface area contributed by atoms with Gasteiger partial charge < -0.3 is 9.73 Å². The van der Waals surface area contributed by atoms with E-state index >= 15 is 0 Å². The van der Waals surface area contributed by atoms with Gasteiger partial charge in [-0.15, -0.1) is 0 Å². The second-order valence-corrected chi connectivity index (χ2v) is 6.91. The third kappa shape index (κ3) is 3.77. The fraction of sp³-hybridized carbons (Fsp3) is 0.190. The highest BCUT2D eigenvalue weighted by molar-refractivity contribution is 6.31. The van der Waals surface area contributed by atoms with Crippen molar-refractivity contribution >= 4 is 39.5 Å². The van der Waals surface area contributed by atoms with Gasteiger partial charge in [-0.3, -0.25) is 14.3 Å². The number of nitrogens with zero attached hydrogens (tertiary/aromatic N) is 2. The zero-order valence-electron chi connectivity index (χ0n) is 15.0. The van der Waals surface area contributed by atoms with E-state index in [0.717, 1.165) is 16.5 Å². The van der Waals surface area contributed by atoms with Gasteiger partial charge in [0, 0.05) is 42.2 Å². The number of para-hydroxylation sites is 1. The number of rotatable bonds is 6. The number of hydrogen-bond acceptors (Lipinski definition) is 4. The number of pyridine rings is 1. The lowest BCUT2D eigenvalue weighted by atomic mass is 10.1. The highest BCUT2D eigenvalue weighted by Gasteiger charge is 2.11. The first-order chi connectivity index (χ1) is 13.6. The van der Waals surface area contributed by atoms with Crippen LogP contribution < -0.4 is 11.1 Å². The predicted molar refractivity (Wildman–Crippen MR) is 109 cm³/mol. The summed E-state index contributed by atoms with van der Waals surface area (Å²) in [7, 11) is 0. The van der Waals surface area contributed by atoms with E-state index in [1.165, 1.54) is 4.57 Å². The Morgan fingerprint density at radius 3 is 2.93 bits per heavy atom. The molecule has 1 N–H and O–H groups in total. The van der Waals surface area contributed by atoms with Crippen molar-refractivity contribution in [1.29, 1.82) is 0 Å². The molecule has 0 atom stereocenters. The Morgan fingerprint density at radius 2 is 2.04 bits per heavy atom. The van der Waals surface area contributed by atoms with Crippen molar-refractivity contribution in [2.45, 2.75) is 19.4 Å². The molecule has 0 aliphatic carbocycles. The summed E-state index contributed by atoms with van der Waals surface area (Å²) in [6.07, 6.45) is 2.64. The molecule has 0 spiro atoms. The van der Waals surface area contributed by atoms with Gasteiger partial charge in [-0.1, -0.05) is 35.9 Å². The first-order valence-electron chi connectivity index (χ1n) is 9.00. The van der Waals surface area contributed by atoms with Crippen molar-refractivity contribution in [3.63, 3.8) is 0 Å². The van der Waals surface area contributed by atoms with Crippen molar-refractivity contribution in [2.75, 3.05) is 6.54 Å². The molecule has 0 saturated carbocycles. The van der Waals surface area contributed by atoms with Crippen LogP contribution in [0.25, 0.3) is 22.0 Å². The largest absolute Gasteiger partial charge is 0.419 e. The van der Waals surface area contributed by atoms with Crippen LogP contribution in [0.4, 0.5) is 0 Å². The molecule has 0 aliphatic rings. The Hall–Kier alpha value is -3.12. The van der Waals surface area contributed by atoms with Crippen LogP contribution in [0.2, 0.25) is 5.02 Å². The first kappa shape index (κ1) is 18.3. The van der Waals surface area contributed by atoms with Gasteiger partial charge in [0.15, 0.2) is 5.58 Å². The van der Waals surface area contributed by atoms with Gasteiger partial charge in [0.05, 0.1) is 11.0 Å². The van der Waals surface area contributed by atoms with Gasteiger partial charge in [0.2, 0.25) is 5.91 Å². The van der Waals surface area contributed by atoms with Crippen molar-refractivity contribution in [3.05, 3.63) is 75.9 Å².